The number of morpholine rings is 1. The van der Waals surface area contributed by atoms with Crippen molar-refractivity contribution in [3.63, 3.8) is 0 Å². The van der Waals surface area contributed by atoms with Crippen LogP contribution in [0.5, 0.6) is 0 Å². The fraction of sp³-hybridized carbons (Fsp3) is 0.364. The number of hydrogen-bond acceptors (Lipinski definition) is 5. The molecule has 1 fully saturated rings. The molecule has 3 aromatic rings. The largest absolute Gasteiger partial charge is 0.416 e. The Bertz CT molecular complexity index is 1110. The summed E-state index contributed by atoms with van der Waals surface area (Å²) in [4.78, 5) is 19.2. The van der Waals surface area contributed by atoms with Crippen molar-refractivity contribution in [2.45, 2.75) is 24.8 Å². The van der Waals surface area contributed by atoms with Crippen LogP contribution in [-0.4, -0.2) is 47.5 Å². The van der Waals surface area contributed by atoms with E-state index in [2.05, 4.69) is 10.3 Å². The lowest BCUT2D eigenvalue weighted by molar-refractivity contribution is -0.137. The maximum atomic E-state index is 13.3. The molecule has 0 spiro atoms. The molecule has 1 amide bonds. The average Bonchev–Trinajstić information content (AvgIpc) is 3.15. The number of ether oxygens (including phenoxy) is 1. The molecule has 0 bridgehead atoms. The fourth-order valence-corrected chi connectivity index (χ4v) is 4.56. The Morgan fingerprint density at radius 3 is 2.66 bits per heavy atom. The standard InChI is InChI=1S/C22H23F3N4O2S/c1-2-29-19-6-4-3-5-16(19)27-21(29)32-14-20(30)26-17-13-15(22(23,24)25)7-8-18(17)28-9-11-31-12-10-28/h3-8,13H,2,9-12,14H2,1H3,(H,26,30). The topological polar surface area (TPSA) is 59.4 Å². The highest BCUT2D eigenvalue weighted by Crippen LogP contribution is 2.36. The molecule has 2 aromatic carbocycles. The number of rotatable bonds is 6. The Kier molecular flexibility index (Phi) is 6.61. The fourth-order valence-electron chi connectivity index (χ4n) is 3.68. The minimum absolute atomic E-state index is 0.0299. The minimum Gasteiger partial charge on any atom is -0.378 e. The normalized spacial score (nSPS) is 14.7. The summed E-state index contributed by atoms with van der Waals surface area (Å²) in [5.74, 6) is -0.360. The molecule has 1 saturated heterocycles. The Balaban J connectivity index is 1.53. The molecular formula is C22H23F3N4O2S. The van der Waals surface area contributed by atoms with Crippen molar-refractivity contribution in [2.75, 3.05) is 42.3 Å². The lowest BCUT2D eigenvalue weighted by Crippen LogP contribution is -2.37. The van der Waals surface area contributed by atoms with Crippen molar-refractivity contribution in [3.8, 4) is 0 Å². The van der Waals surface area contributed by atoms with Crippen LogP contribution in [0.15, 0.2) is 47.6 Å². The Labute approximate surface area is 187 Å². The monoisotopic (exact) mass is 464 g/mol. The Morgan fingerprint density at radius 2 is 1.94 bits per heavy atom. The molecule has 10 heteroatoms. The van der Waals surface area contributed by atoms with Gasteiger partial charge in [-0.15, -0.1) is 0 Å². The summed E-state index contributed by atoms with van der Waals surface area (Å²) in [6.45, 7) is 4.75. The molecule has 1 aliphatic heterocycles. The van der Waals surface area contributed by atoms with E-state index < -0.39 is 17.6 Å². The number of amides is 1. The molecule has 2 heterocycles. The van der Waals surface area contributed by atoms with Gasteiger partial charge in [0.25, 0.3) is 0 Å². The Morgan fingerprint density at radius 1 is 1.19 bits per heavy atom. The van der Waals surface area contributed by atoms with Crippen LogP contribution >= 0.6 is 11.8 Å². The zero-order valence-electron chi connectivity index (χ0n) is 17.5. The molecule has 0 saturated carbocycles. The molecule has 170 valence electrons. The number of carbonyl (C=O) groups is 1. The summed E-state index contributed by atoms with van der Waals surface area (Å²) in [5, 5.41) is 3.38. The summed E-state index contributed by atoms with van der Waals surface area (Å²) in [6, 6.07) is 11.1. The van der Waals surface area contributed by atoms with Crippen LogP contribution in [0.3, 0.4) is 0 Å². The molecular weight excluding hydrogens is 441 g/mol. The quantitative estimate of drug-likeness (QED) is 0.539. The number of benzene rings is 2. The first-order valence-corrected chi connectivity index (χ1v) is 11.3. The van der Waals surface area contributed by atoms with Gasteiger partial charge in [0.2, 0.25) is 5.91 Å². The van der Waals surface area contributed by atoms with E-state index >= 15 is 0 Å². The van der Waals surface area contributed by atoms with E-state index in [0.29, 0.717) is 43.7 Å². The molecule has 1 aliphatic rings. The third-order valence-corrected chi connectivity index (χ3v) is 6.19. The first kappa shape index (κ1) is 22.5. The molecule has 6 nitrogen and oxygen atoms in total. The van der Waals surface area contributed by atoms with Gasteiger partial charge in [0.1, 0.15) is 0 Å². The van der Waals surface area contributed by atoms with Gasteiger partial charge in [-0.05, 0) is 37.3 Å². The molecule has 32 heavy (non-hydrogen) atoms. The van der Waals surface area contributed by atoms with Crippen molar-refractivity contribution in [1.82, 2.24) is 9.55 Å². The molecule has 4 rings (SSSR count). The van der Waals surface area contributed by atoms with E-state index in [0.717, 1.165) is 23.2 Å². The van der Waals surface area contributed by atoms with Crippen LogP contribution in [0.25, 0.3) is 11.0 Å². The highest BCUT2D eigenvalue weighted by Gasteiger charge is 2.32. The number of thioether (sulfide) groups is 1. The second-order valence-corrected chi connectivity index (χ2v) is 8.24. The molecule has 1 aromatic heterocycles. The van der Waals surface area contributed by atoms with Gasteiger partial charge in [-0.25, -0.2) is 4.98 Å². The summed E-state index contributed by atoms with van der Waals surface area (Å²) in [6.07, 6.45) is -4.50. The van der Waals surface area contributed by atoms with E-state index in [9.17, 15) is 18.0 Å². The van der Waals surface area contributed by atoms with Gasteiger partial charge >= 0.3 is 6.18 Å². The number of alkyl halides is 3. The number of aryl methyl sites for hydroxylation is 1. The van der Waals surface area contributed by atoms with E-state index in [4.69, 9.17) is 4.74 Å². The first-order valence-electron chi connectivity index (χ1n) is 10.3. The molecule has 0 unspecified atom stereocenters. The second kappa shape index (κ2) is 9.41. The maximum Gasteiger partial charge on any atom is 0.416 e. The van der Waals surface area contributed by atoms with Crippen LogP contribution in [0.4, 0.5) is 24.5 Å². The van der Waals surface area contributed by atoms with Crippen molar-refractivity contribution < 1.29 is 22.7 Å². The minimum atomic E-state index is -4.50. The number of nitrogens with zero attached hydrogens (tertiary/aromatic N) is 3. The zero-order chi connectivity index (χ0) is 22.7. The number of fused-ring (bicyclic) bond motifs is 1. The number of hydrogen-bond donors (Lipinski definition) is 1. The highest BCUT2D eigenvalue weighted by atomic mass is 32.2. The van der Waals surface area contributed by atoms with Gasteiger partial charge in [0.05, 0.1) is 46.9 Å². The van der Waals surface area contributed by atoms with Gasteiger partial charge in [0.15, 0.2) is 5.16 Å². The second-order valence-electron chi connectivity index (χ2n) is 7.29. The van der Waals surface area contributed by atoms with Crippen molar-refractivity contribution in [2.24, 2.45) is 0 Å². The number of para-hydroxylation sites is 2. The number of nitrogens with one attached hydrogen (secondary N) is 1. The molecule has 0 atom stereocenters. The van der Waals surface area contributed by atoms with Gasteiger partial charge in [-0.1, -0.05) is 23.9 Å². The van der Waals surface area contributed by atoms with Crippen molar-refractivity contribution in [3.05, 3.63) is 48.0 Å². The van der Waals surface area contributed by atoms with Gasteiger partial charge in [-0.2, -0.15) is 13.2 Å². The number of carbonyl (C=O) groups excluding carboxylic acids is 1. The average molecular weight is 465 g/mol. The van der Waals surface area contributed by atoms with Gasteiger partial charge in [0, 0.05) is 19.6 Å². The molecule has 0 aliphatic carbocycles. The lowest BCUT2D eigenvalue weighted by Gasteiger charge is -2.31. The van der Waals surface area contributed by atoms with Crippen LogP contribution in [-0.2, 0) is 22.3 Å². The van der Waals surface area contributed by atoms with E-state index in [1.54, 1.807) is 0 Å². The van der Waals surface area contributed by atoms with E-state index in [1.807, 2.05) is 40.7 Å². The maximum absolute atomic E-state index is 13.3. The SMILES string of the molecule is CCn1c(SCC(=O)Nc2cc(C(F)(F)F)ccc2N2CCOCC2)nc2ccccc21. The van der Waals surface area contributed by atoms with Crippen molar-refractivity contribution >= 4 is 40.1 Å². The summed E-state index contributed by atoms with van der Waals surface area (Å²) in [5.41, 5.74) is 1.72. The van der Waals surface area contributed by atoms with E-state index in [-0.39, 0.29) is 11.4 Å². The highest BCUT2D eigenvalue weighted by molar-refractivity contribution is 7.99. The van der Waals surface area contributed by atoms with E-state index in [1.165, 1.54) is 17.8 Å². The van der Waals surface area contributed by atoms with Crippen LogP contribution in [0.2, 0.25) is 0 Å². The summed E-state index contributed by atoms with van der Waals surface area (Å²) in [7, 11) is 0. The zero-order valence-corrected chi connectivity index (χ0v) is 18.3. The third kappa shape index (κ3) is 4.86. The smallest absolute Gasteiger partial charge is 0.378 e. The first-order chi connectivity index (χ1) is 15.4. The van der Waals surface area contributed by atoms with Crippen LogP contribution in [0, 0.1) is 0 Å². The van der Waals surface area contributed by atoms with Crippen LogP contribution < -0.4 is 10.2 Å². The van der Waals surface area contributed by atoms with Crippen molar-refractivity contribution in [1.29, 1.82) is 0 Å². The summed E-state index contributed by atoms with van der Waals surface area (Å²) >= 11 is 1.26. The third-order valence-electron chi connectivity index (χ3n) is 5.22. The van der Waals surface area contributed by atoms with Crippen LogP contribution in [0.1, 0.15) is 12.5 Å². The lowest BCUT2D eigenvalue weighted by atomic mass is 10.1. The molecule has 0 radical (unpaired) electrons. The van der Waals surface area contributed by atoms with Gasteiger partial charge in [-0.3, -0.25) is 4.79 Å². The number of imidazole rings is 1. The Hall–Kier alpha value is -2.72. The number of aromatic nitrogens is 2. The number of anilines is 2. The molecule has 1 N–H and O–H groups in total. The summed E-state index contributed by atoms with van der Waals surface area (Å²) < 4.78 is 47.2. The predicted molar refractivity (Wildman–Crippen MR) is 119 cm³/mol. The predicted octanol–water partition coefficient (Wildman–Crippen LogP) is 4.64. The number of halogens is 3. The van der Waals surface area contributed by atoms with Gasteiger partial charge < -0.3 is 19.5 Å².